The van der Waals surface area contributed by atoms with Gasteiger partial charge in [0, 0.05) is 6.42 Å². The number of allylic oxidation sites excluding steroid dienone is 1. The molecule has 1 aromatic rings. The van der Waals surface area contributed by atoms with Crippen molar-refractivity contribution in [3.63, 3.8) is 0 Å². The molecule has 1 rings (SSSR count). The van der Waals surface area contributed by atoms with E-state index in [0.29, 0.717) is 5.56 Å². The first kappa shape index (κ1) is 11.5. The van der Waals surface area contributed by atoms with Crippen LogP contribution >= 0.6 is 0 Å². The minimum Gasteiger partial charge on any atom is -0.497 e. The van der Waals surface area contributed by atoms with Gasteiger partial charge < -0.3 is 9.84 Å². The Kier molecular flexibility index (Phi) is 4.06. The van der Waals surface area contributed by atoms with Gasteiger partial charge in [0.25, 0.3) is 0 Å². The van der Waals surface area contributed by atoms with Gasteiger partial charge in [0.2, 0.25) is 0 Å². The Morgan fingerprint density at radius 2 is 2.13 bits per heavy atom. The maximum Gasteiger partial charge on any atom is 0.158 e. The van der Waals surface area contributed by atoms with Crippen LogP contribution in [0.4, 0.5) is 0 Å². The maximum atomic E-state index is 11.0. The van der Waals surface area contributed by atoms with Crippen molar-refractivity contribution in [1.29, 1.82) is 0 Å². The highest BCUT2D eigenvalue weighted by Gasteiger charge is 2.10. The predicted octanol–water partition coefficient (Wildman–Crippen LogP) is 1.87. The number of carbonyl (C=O) groups excluding carboxylic acids is 1. The molecular formula is C12H14O3. The Labute approximate surface area is 89.0 Å². The number of aliphatic hydroxyl groups excluding tert-OH is 1. The summed E-state index contributed by atoms with van der Waals surface area (Å²) in [7, 11) is 1.58. The molecule has 0 aliphatic heterocycles. The molecule has 0 amide bonds. The number of methoxy groups -OCH3 is 1. The Hall–Kier alpha value is -1.61. The molecular weight excluding hydrogens is 192 g/mol. The third-order valence-corrected chi connectivity index (χ3v) is 2.12. The zero-order valence-corrected chi connectivity index (χ0v) is 8.64. The van der Waals surface area contributed by atoms with Crippen molar-refractivity contribution >= 4 is 5.78 Å². The molecule has 0 bridgehead atoms. The van der Waals surface area contributed by atoms with Crippen LogP contribution in [0.3, 0.4) is 0 Å². The SMILES string of the molecule is C=CC(=O)CC(O)c1ccc(OC)cc1. The van der Waals surface area contributed by atoms with Gasteiger partial charge in [-0.1, -0.05) is 18.7 Å². The Bertz CT molecular complexity index is 340. The smallest absolute Gasteiger partial charge is 0.158 e. The van der Waals surface area contributed by atoms with Crippen LogP contribution in [0.2, 0.25) is 0 Å². The summed E-state index contributed by atoms with van der Waals surface area (Å²) in [6, 6.07) is 6.97. The fourth-order valence-corrected chi connectivity index (χ4v) is 1.22. The average molecular weight is 206 g/mol. The standard InChI is InChI=1S/C12H14O3/c1-3-10(13)8-12(14)9-4-6-11(15-2)7-5-9/h3-7,12,14H,1,8H2,2H3. The second-order valence-corrected chi connectivity index (χ2v) is 3.16. The first-order chi connectivity index (χ1) is 7.17. The summed E-state index contributed by atoms with van der Waals surface area (Å²) in [5.41, 5.74) is 0.700. The molecule has 15 heavy (non-hydrogen) atoms. The summed E-state index contributed by atoms with van der Waals surface area (Å²) in [5.74, 6) is 0.555. The quantitative estimate of drug-likeness (QED) is 0.748. The highest BCUT2D eigenvalue weighted by molar-refractivity contribution is 5.89. The van der Waals surface area contributed by atoms with Crippen molar-refractivity contribution in [3.05, 3.63) is 42.5 Å². The highest BCUT2D eigenvalue weighted by Crippen LogP contribution is 2.20. The summed E-state index contributed by atoms with van der Waals surface area (Å²) in [4.78, 5) is 11.0. The van der Waals surface area contributed by atoms with Crippen molar-refractivity contribution in [1.82, 2.24) is 0 Å². The summed E-state index contributed by atoms with van der Waals surface area (Å²) < 4.78 is 4.99. The number of hydrogen-bond acceptors (Lipinski definition) is 3. The molecule has 0 fully saturated rings. The summed E-state index contributed by atoms with van der Waals surface area (Å²) >= 11 is 0. The van der Waals surface area contributed by atoms with E-state index in [2.05, 4.69) is 6.58 Å². The largest absolute Gasteiger partial charge is 0.497 e. The van der Waals surface area contributed by atoms with Crippen LogP contribution in [-0.4, -0.2) is 18.0 Å². The van der Waals surface area contributed by atoms with Crippen molar-refractivity contribution in [3.8, 4) is 5.75 Å². The number of ether oxygens (including phenoxy) is 1. The molecule has 0 radical (unpaired) electrons. The van der Waals surface area contributed by atoms with Crippen molar-refractivity contribution in [2.24, 2.45) is 0 Å². The lowest BCUT2D eigenvalue weighted by Gasteiger charge is -2.09. The van der Waals surface area contributed by atoms with Gasteiger partial charge in [0.15, 0.2) is 5.78 Å². The minimum atomic E-state index is -0.776. The molecule has 1 atom stereocenters. The fraction of sp³-hybridized carbons (Fsp3) is 0.250. The number of ketones is 1. The molecule has 1 unspecified atom stereocenters. The molecule has 1 aromatic carbocycles. The van der Waals surface area contributed by atoms with Crippen molar-refractivity contribution < 1.29 is 14.6 Å². The van der Waals surface area contributed by atoms with E-state index in [-0.39, 0.29) is 12.2 Å². The van der Waals surface area contributed by atoms with E-state index in [4.69, 9.17) is 4.74 Å². The molecule has 0 aliphatic rings. The minimum absolute atomic E-state index is 0.0653. The van der Waals surface area contributed by atoms with Gasteiger partial charge in [-0.2, -0.15) is 0 Å². The molecule has 3 nitrogen and oxygen atoms in total. The molecule has 0 spiro atoms. The number of aliphatic hydroxyl groups is 1. The zero-order valence-electron chi connectivity index (χ0n) is 8.64. The van der Waals surface area contributed by atoms with Gasteiger partial charge in [-0.15, -0.1) is 0 Å². The first-order valence-corrected chi connectivity index (χ1v) is 4.64. The molecule has 0 aliphatic carbocycles. The third kappa shape index (κ3) is 3.22. The second kappa shape index (κ2) is 5.32. The Balaban J connectivity index is 2.69. The molecule has 80 valence electrons. The van der Waals surface area contributed by atoms with Crippen LogP contribution in [-0.2, 0) is 4.79 Å². The van der Waals surface area contributed by atoms with Crippen molar-refractivity contribution in [2.45, 2.75) is 12.5 Å². The number of carbonyl (C=O) groups is 1. The van der Waals surface area contributed by atoms with E-state index in [9.17, 15) is 9.90 Å². The molecule has 0 aromatic heterocycles. The molecule has 0 heterocycles. The lowest BCUT2D eigenvalue weighted by molar-refractivity contribution is -0.116. The van der Waals surface area contributed by atoms with Crippen LogP contribution in [0.25, 0.3) is 0 Å². The maximum absolute atomic E-state index is 11.0. The summed E-state index contributed by atoms with van der Waals surface area (Å²) in [6.07, 6.45) is 0.504. The molecule has 3 heteroatoms. The van der Waals surface area contributed by atoms with E-state index in [1.165, 1.54) is 6.08 Å². The topological polar surface area (TPSA) is 46.5 Å². The van der Waals surface area contributed by atoms with Crippen LogP contribution in [0, 0.1) is 0 Å². The van der Waals surface area contributed by atoms with E-state index in [0.717, 1.165) is 5.75 Å². The fourth-order valence-electron chi connectivity index (χ4n) is 1.22. The molecule has 1 N–H and O–H groups in total. The monoisotopic (exact) mass is 206 g/mol. The van der Waals surface area contributed by atoms with Crippen LogP contribution in [0.15, 0.2) is 36.9 Å². The van der Waals surface area contributed by atoms with Gasteiger partial charge in [0.1, 0.15) is 5.75 Å². The van der Waals surface area contributed by atoms with Gasteiger partial charge in [-0.3, -0.25) is 4.79 Å². The van der Waals surface area contributed by atoms with Crippen LogP contribution in [0.5, 0.6) is 5.75 Å². The highest BCUT2D eigenvalue weighted by atomic mass is 16.5. The number of benzene rings is 1. The first-order valence-electron chi connectivity index (χ1n) is 4.64. The van der Waals surface area contributed by atoms with Crippen LogP contribution in [0.1, 0.15) is 18.1 Å². The Morgan fingerprint density at radius 3 is 2.60 bits per heavy atom. The van der Waals surface area contributed by atoms with Crippen LogP contribution < -0.4 is 4.74 Å². The Morgan fingerprint density at radius 1 is 1.53 bits per heavy atom. The molecule has 0 saturated heterocycles. The van der Waals surface area contributed by atoms with E-state index in [1.807, 2.05) is 0 Å². The van der Waals surface area contributed by atoms with Gasteiger partial charge in [0.05, 0.1) is 13.2 Å². The summed E-state index contributed by atoms with van der Waals surface area (Å²) in [6.45, 7) is 3.35. The second-order valence-electron chi connectivity index (χ2n) is 3.16. The van der Waals surface area contributed by atoms with Gasteiger partial charge >= 0.3 is 0 Å². The van der Waals surface area contributed by atoms with Gasteiger partial charge in [-0.25, -0.2) is 0 Å². The van der Waals surface area contributed by atoms with E-state index >= 15 is 0 Å². The molecule has 0 saturated carbocycles. The van der Waals surface area contributed by atoms with E-state index in [1.54, 1.807) is 31.4 Å². The lowest BCUT2D eigenvalue weighted by Crippen LogP contribution is -2.03. The zero-order chi connectivity index (χ0) is 11.3. The normalized spacial score (nSPS) is 11.9. The predicted molar refractivity (Wildman–Crippen MR) is 57.8 cm³/mol. The lowest BCUT2D eigenvalue weighted by atomic mass is 10.0. The summed E-state index contributed by atoms with van der Waals surface area (Å²) in [5, 5.41) is 9.68. The van der Waals surface area contributed by atoms with E-state index < -0.39 is 6.10 Å². The number of hydrogen-bond donors (Lipinski definition) is 1. The average Bonchev–Trinajstić information content (AvgIpc) is 2.29. The third-order valence-electron chi connectivity index (χ3n) is 2.12. The van der Waals surface area contributed by atoms with Crippen molar-refractivity contribution in [2.75, 3.05) is 7.11 Å². The number of rotatable bonds is 5. The van der Waals surface area contributed by atoms with Gasteiger partial charge in [-0.05, 0) is 23.8 Å².